The number of hydrogen-bond donors (Lipinski definition) is 1. The summed E-state index contributed by atoms with van der Waals surface area (Å²) in [4.78, 5) is 0. The molecule has 0 aromatic rings. The van der Waals surface area contributed by atoms with Crippen molar-refractivity contribution in [3.8, 4) is 0 Å². The topological polar surface area (TPSA) is 12.0 Å². The molecule has 86 valence electrons. The number of rotatable bonds is 4. The van der Waals surface area contributed by atoms with Crippen LogP contribution in [0.5, 0.6) is 0 Å². The Morgan fingerprint density at radius 1 is 1.27 bits per heavy atom. The summed E-state index contributed by atoms with van der Waals surface area (Å²) in [5.74, 6) is 0.908. The fourth-order valence-electron chi connectivity index (χ4n) is 3.00. The summed E-state index contributed by atoms with van der Waals surface area (Å²) in [7, 11) is 0. The van der Waals surface area contributed by atoms with Crippen LogP contribution in [0.4, 0.5) is 0 Å². The zero-order valence-corrected chi connectivity index (χ0v) is 10.1. The average Bonchev–Trinajstić information content (AvgIpc) is 2.66. The molecular formula is C14H25N. The van der Waals surface area contributed by atoms with E-state index in [2.05, 4.69) is 18.3 Å². The van der Waals surface area contributed by atoms with Crippen molar-refractivity contribution in [1.82, 2.24) is 5.32 Å². The first-order chi connectivity index (χ1) is 7.36. The monoisotopic (exact) mass is 207 g/mol. The molecule has 1 saturated carbocycles. The van der Waals surface area contributed by atoms with Crippen molar-refractivity contribution in [2.75, 3.05) is 6.54 Å². The van der Waals surface area contributed by atoms with Crippen molar-refractivity contribution in [3.63, 3.8) is 0 Å². The van der Waals surface area contributed by atoms with Crippen molar-refractivity contribution in [2.24, 2.45) is 5.92 Å². The molecule has 0 unspecified atom stereocenters. The number of hydrogen-bond acceptors (Lipinski definition) is 1. The Labute approximate surface area is 94.3 Å². The van der Waals surface area contributed by atoms with E-state index < -0.39 is 0 Å². The van der Waals surface area contributed by atoms with Crippen LogP contribution in [0.3, 0.4) is 0 Å². The first-order valence-electron chi connectivity index (χ1n) is 6.77. The van der Waals surface area contributed by atoms with Crippen LogP contribution in [0.1, 0.15) is 58.3 Å². The molecule has 1 nitrogen and oxygen atoms in total. The molecule has 1 N–H and O–H groups in total. The quantitative estimate of drug-likeness (QED) is 0.694. The Bertz CT molecular complexity index is 219. The maximum Gasteiger partial charge on any atom is 0.00928 e. The molecule has 0 spiro atoms. The van der Waals surface area contributed by atoms with Crippen molar-refractivity contribution < 1.29 is 0 Å². The molecule has 0 radical (unpaired) electrons. The number of allylic oxidation sites excluding steroid dienone is 1. The highest BCUT2D eigenvalue weighted by Crippen LogP contribution is 2.25. The molecule has 1 fully saturated rings. The summed E-state index contributed by atoms with van der Waals surface area (Å²) in [6.07, 6.45) is 13.6. The maximum absolute atomic E-state index is 3.74. The van der Waals surface area contributed by atoms with Crippen LogP contribution in [-0.4, -0.2) is 12.6 Å². The van der Waals surface area contributed by atoms with Gasteiger partial charge in [0.1, 0.15) is 0 Å². The second-order valence-corrected chi connectivity index (χ2v) is 5.33. The second-order valence-electron chi connectivity index (χ2n) is 5.33. The lowest BCUT2D eigenvalue weighted by molar-refractivity contribution is 0.428. The summed E-state index contributed by atoms with van der Waals surface area (Å²) < 4.78 is 0. The van der Waals surface area contributed by atoms with E-state index in [-0.39, 0.29) is 0 Å². The second kappa shape index (κ2) is 5.69. The Morgan fingerprint density at radius 2 is 2.20 bits per heavy atom. The van der Waals surface area contributed by atoms with Gasteiger partial charge >= 0.3 is 0 Å². The lowest BCUT2D eigenvalue weighted by Gasteiger charge is -2.19. The van der Waals surface area contributed by atoms with Gasteiger partial charge < -0.3 is 5.32 Å². The predicted octanol–water partition coefficient (Wildman–Crippen LogP) is 3.66. The van der Waals surface area contributed by atoms with E-state index in [1.165, 1.54) is 57.9 Å². The van der Waals surface area contributed by atoms with Crippen molar-refractivity contribution in [1.29, 1.82) is 0 Å². The van der Waals surface area contributed by atoms with Crippen LogP contribution in [0, 0.1) is 5.92 Å². The minimum Gasteiger partial charge on any atom is -0.313 e. The molecule has 0 amide bonds. The zero-order valence-electron chi connectivity index (χ0n) is 10.1. The molecule has 2 rings (SSSR count). The SMILES string of the molecule is C[C@@H]1CCC[C@H]1NCCC1=CCCCC1. The van der Waals surface area contributed by atoms with Crippen LogP contribution in [0.25, 0.3) is 0 Å². The highest BCUT2D eigenvalue weighted by Gasteiger charge is 2.22. The van der Waals surface area contributed by atoms with Crippen LogP contribution >= 0.6 is 0 Å². The van der Waals surface area contributed by atoms with Gasteiger partial charge in [-0.15, -0.1) is 0 Å². The first-order valence-corrected chi connectivity index (χ1v) is 6.77. The smallest absolute Gasteiger partial charge is 0.00928 e. The molecule has 0 heterocycles. The van der Waals surface area contributed by atoms with Crippen molar-refractivity contribution in [3.05, 3.63) is 11.6 Å². The van der Waals surface area contributed by atoms with Crippen molar-refractivity contribution in [2.45, 2.75) is 64.3 Å². The van der Waals surface area contributed by atoms with Gasteiger partial charge in [0.25, 0.3) is 0 Å². The van der Waals surface area contributed by atoms with Crippen LogP contribution in [0.15, 0.2) is 11.6 Å². The summed E-state index contributed by atoms with van der Waals surface area (Å²) in [6.45, 7) is 3.60. The van der Waals surface area contributed by atoms with Gasteiger partial charge in [-0.25, -0.2) is 0 Å². The molecule has 0 bridgehead atoms. The molecule has 15 heavy (non-hydrogen) atoms. The molecule has 0 aromatic heterocycles. The molecular weight excluding hydrogens is 182 g/mol. The minimum atomic E-state index is 0.814. The molecule has 0 aromatic carbocycles. The normalized spacial score (nSPS) is 31.7. The predicted molar refractivity (Wildman–Crippen MR) is 66.0 cm³/mol. The van der Waals surface area contributed by atoms with E-state index in [0.29, 0.717) is 0 Å². The third kappa shape index (κ3) is 3.34. The largest absolute Gasteiger partial charge is 0.313 e. The fourth-order valence-corrected chi connectivity index (χ4v) is 3.00. The lowest BCUT2D eigenvalue weighted by atomic mass is 9.97. The van der Waals surface area contributed by atoms with E-state index >= 15 is 0 Å². The van der Waals surface area contributed by atoms with E-state index in [9.17, 15) is 0 Å². The summed E-state index contributed by atoms with van der Waals surface area (Å²) in [5, 5.41) is 3.74. The molecule has 0 saturated heterocycles. The molecule has 2 atom stereocenters. The molecule has 0 aliphatic heterocycles. The Balaban J connectivity index is 1.63. The average molecular weight is 207 g/mol. The highest BCUT2D eigenvalue weighted by molar-refractivity contribution is 5.05. The molecule has 2 aliphatic carbocycles. The van der Waals surface area contributed by atoms with E-state index in [1.807, 2.05) is 0 Å². The Hall–Kier alpha value is -0.300. The third-order valence-electron chi connectivity index (χ3n) is 4.10. The fraction of sp³-hybridized carbons (Fsp3) is 0.857. The van der Waals surface area contributed by atoms with Crippen LogP contribution in [-0.2, 0) is 0 Å². The van der Waals surface area contributed by atoms with Gasteiger partial charge in [-0.05, 0) is 57.4 Å². The van der Waals surface area contributed by atoms with Crippen LogP contribution < -0.4 is 5.32 Å². The van der Waals surface area contributed by atoms with Gasteiger partial charge in [-0.1, -0.05) is 25.0 Å². The Morgan fingerprint density at radius 3 is 2.87 bits per heavy atom. The summed E-state index contributed by atoms with van der Waals surface area (Å²) >= 11 is 0. The van der Waals surface area contributed by atoms with E-state index in [0.717, 1.165) is 12.0 Å². The van der Waals surface area contributed by atoms with E-state index in [4.69, 9.17) is 0 Å². The zero-order chi connectivity index (χ0) is 10.5. The van der Waals surface area contributed by atoms with Gasteiger partial charge in [0, 0.05) is 6.04 Å². The van der Waals surface area contributed by atoms with Crippen LogP contribution in [0.2, 0.25) is 0 Å². The Kier molecular flexibility index (Phi) is 4.25. The van der Waals surface area contributed by atoms with Gasteiger partial charge in [0.05, 0.1) is 0 Å². The van der Waals surface area contributed by atoms with Crippen molar-refractivity contribution >= 4 is 0 Å². The minimum absolute atomic E-state index is 0.814. The standard InChI is InChI=1S/C14H25N/c1-12-6-5-9-14(12)15-11-10-13-7-3-2-4-8-13/h7,12,14-15H,2-6,8-11H2,1H3/t12-,14-/m1/s1. The summed E-state index contributed by atoms with van der Waals surface area (Å²) in [6, 6.07) is 0.814. The first kappa shape index (κ1) is 11.2. The van der Waals surface area contributed by atoms with Gasteiger partial charge in [0.2, 0.25) is 0 Å². The lowest BCUT2D eigenvalue weighted by Crippen LogP contribution is -2.32. The number of nitrogens with one attached hydrogen (secondary N) is 1. The third-order valence-corrected chi connectivity index (χ3v) is 4.10. The van der Waals surface area contributed by atoms with Gasteiger partial charge in [-0.3, -0.25) is 0 Å². The van der Waals surface area contributed by atoms with Gasteiger partial charge in [0.15, 0.2) is 0 Å². The summed E-state index contributed by atoms with van der Waals surface area (Å²) in [5.41, 5.74) is 1.71. The maximum atomic E-state index is 3.74. The molecule has 2 aliphatic rings. The molecule has 1 heteroatoms. The van der Waals surface area contributed by atoms with Gasteiger partial charge in [-0.2, -0.15) is 0 Å². The highest BCUT2D eigenvalue weighted by atomic mass is 14.9. The van der Waals surface area contributed by atoms with E-state index in [1.54, 1.807) is 5.57 Å².